The molecule has 1 amide bonds. The lowest BCUT2D eigenvalue weighted by Crippen LogP contribution is -2.52. The minimum absolute atomic E-state index is 0.121. The van der Waals surface area contributed by atoms with E-state index in [1.165, 1.54) is 4.90 Å². The number of amides is 1. The molecule has 104 valence electrons. The molecule has 0 bridgehead atoms. The Hall–Kier alpha value is -1.30. The number of likely N-dealkylation sites (tertiary alicyclic amines) is 1. The molecule has 0 aromatic carbocycles. The van der Waals surface area contributed by atoms with Crippen LogP contribution in [0.25, 0.3) is 0 Å². The van der Waals surface area contributed by atoms with E-state index in [-0.39, 0.29) is 6.10 Å². The first-order valence-corrected chi connectivity index (χ1v) is 6.00. The van der Waals surface area contributed by atoms with Crippen LogP contribution in [-0.4, -0.2) is 53.5 Å². The Morgan fingerprint density at radius 1 is 1.33 bits per heavy atom. The first-order valence-electron chi connectivity index (χ1n) is 6.00. The number of carboxylic acids is 1. The van der Waals surface area contributed by atoms with Gasteiger partial charge < -0.3 is 14.6 Å². The van der Waals surface area contributed by atoms with E-state index in [4.69, 9.17) is 14.6 Å². The molecule has 2 atom stereocenters. The van der Waals surface area contributed by atoms with Crippen LogP contribution in [0.4, 0.5) is 4.79 Å². The van der Waals surface area contributed by atoms with Gasteiger partial charge in [-0.2, -0.15) is 0 Å². The van der Waals surface area contributed by atoms with Crippen LogP contribution in [0.3, 0.4) is 0 Å². The predicted molar refractivity (Wildman–Crippen MR) is 64.4 cm³/mol. The molecule has 6 heteroatoms. The summed E-state index contributed by atoms with van der Waals surface area (Å²) in [6.07, 6.45) is 0.221. The van der Waals surface area contributed by atoms with Crippen LogP contribution in [-0.2, 0) is 14.3 Å². The van der Waals surface area contributed by atoms with Gasteiger partial charge in [0.25, 0.3) is 0 Å². The predicted octanol–water partition coefficient (Wildman–Crippen LogP) is 1.49. The zero-order chi connectivity index (χ0) is 13.9. The van der Waals surface area contributed by atoms with Crippen LogP contribution >= 0.6 is 0 Å². The summed E-state index contributed by atoms with van der Waals surface area (Å²) in [5.74, 6) is -1.03. The average Bonchev–Trinajstić information content (AvgIpc) is 2.25. The van der Waals surface area contributed by atoms with Crippen LogP contribution in [0, 0.1) is 0 Å². The van der Waals surface area contributed by atoms with Gasteiger partial charge >= 0.3 is 12.1 Å². The van der Waals surface area contributed by atoms with E-state index in [1.54, 1.807) is 27.9 Å². The molecule has 0 spiro atoms. The molecular weight excluding hydrogens is 238 g/mol. The van der Waals surface area contributed by atoms with Gasteiger partial charge in [0.05, 0.1) is 6.10 Å². The molecule has 0 radical (unpaired) electrons. The molecule has 1 rings (SSSR count). The number of piperidine rings is 1. The van der Waals surface area contributed by atoms with Crippen molar-refractivity contribution in [2.45, 2.75) is 51.4 Å². The highest BCUT2D eigenvalue weighted by atomic mass is 16.6. The number of hydrogen-bond donors (Lipinski definition) is 1. The summed E-state index contributed by atoms with van der Waals surface area (Å²) in [5.41, 5.74) is -0.627. The molecule has 18 heavy (non-hydrogen) atoms. The standard InChI is InChI=1S/C12H21NO5/c1-12(2,3)18-11(16)13-6-5-8(17-4)7-9(13)10(14)15/h8-9H,5-7H2,1-4H3,(H,14,15)/t8?,9-/m0/s1. The average molecular weight is 259 g/mol. The first-order chi connectivity index (χ1) is 8.24. The van der Waals surface area contributed by atoms with E-state index in [9.17, 15) is 9.59 Å². The maximum atomic E-state index is 11.9. The summed E-state index contributed by atoms with van der Waals surface area (Å²) in [7, 11) is 1.55. The Balaban J connectivity index is 2.74. The smallest absolute Gasteiger partial charge is 0.411 e. The zero-order valence-electron chi connectivity index (χ0n) is 11.3. The molecule has 0 saturated carbocycles. The summed E-state index contributed by atoms with van der Waals surface area (Å²) in [6.45, 7) is 5.60. The van der Waals surface area contributed by atoms with Crippen molar-refractivity contribution in [2.75, 3.05) is 13.7 Å². The third kappa shape index (κ3) is 3.87. The highest BCUT2D eigenvalue weighted by molar-refractivity contribution is 5.80. The quantitative estimate of drug-likeness (QED) is 0.813. The molecule has 1 N–H and O–H groups in total. The van der Waals surface area contributed by atoms with Crippen molar-refractivity contribution in [2.24, 2.45) is 0 Å². The maximum absolute atomic E-state index is 11.9. The number of rotatable bonds is 2. The number of carbonyl (C=O) groups is 2. The summed E-state index contributed by atoms with van der Waals surface area (Å²) in [6, 6.07) is -0.876. The molecule has 1 unspecified atom stereocenters. The van der Waals surface area contributed by atoms with Crippen LogP contribution in [0.2, 0.25) is 0 Å². The maximum Gasteiger partial charge on any atom is 0.411 e. The lowest BCUT2D eigenvalue weighted by atomic mass is 10.00. The van der Waals surface area contributed by atoms with Crippen molar-refractivity contribution in [1.29, 1.82) is 0 Å². The molecule has 1 saturated heterocycles. The van der Waals surface area contributed by atoms with E-state index in [2.05, 4.69) is 0 Å². The molecule has 6 nitrogen and oxygen atoms in total. The SMILES string of the molecule is COC1CCN(C(=O)OC(C)(C)C)[C@H](C(=O)O)C1. The molecule has 1 fully saturated rings. The Labute approximate surface area is 107 Å². The van der Waals surface area contributed by atoms with E-state index >= 15 is 0 Å². The molecule has 1 aliphatic heterocycles. The van der Waals surface area contributed by atoms with Gasteiger partial charge in [-0.15, -0.1) is 0 Å². The van der Waals surface area contributed by atoms with Crippen LogP contribution in [0.1, 0.15) is 33.6 Å². The zero-order valence-corrected chi connectivity index (χ0v) is 11.3. The van der Waals surface area contributed by atoms with Crippen molar-refractivity contribution in [1.82, 2.24) is 4.90 Å². The van der Waals surface area contributed by atoms with Crippen molar-refractivity contribution in [3.05, 3.63) is 0 Å². The Kier molecular flexibility index (Phi) is 4.56. The topological polar surface area (TPSA) is 76.1 Å². The Morgan fingerprint density at radius 2 is 1.94 bits per heavy atom. The van der Waals surface area contributed by atoms with Gasteiger partial charge in [0.2, 0.25) is 0 Å². The van der Waals surface area contributed by atoms with Gasteiger partial charge in [0.1, 0.15) is 11.6 Å². The summed E-state index contributed by atoms with van der Waals surface area (Å²) >= 11 is 0. The number of nitrogens with zero attached hydrogens (tertiary/aromatic N) is 1. The molecule has 1 aliphatic rings. The van der Waals surface area contributed by atoms with Crippen LogP contribution in [0.15, 0.2) is 0 Å². The van der Waals surface area contributed by atoms with Gasteiger partial charge in [-0.05, 0) is 27.2 Å². The summed E-state index contributed by atoms with van der Waals surface area (Å²) in [5, 5.41) is 9.16. The van der Waals surface area contributed by atoms with Crippen molar-refractivity contribution < 1.29 is 24.2 Å². The highest BCUT2D eigenvalue weighted by Gasteiger charge is 2.38. The van der Waals surface area contributed by atoms with Gasteiger partial charge in [0, 0.05) is 20.1 Å². The minimum Gasteiger partial charge on any atom is -0.480 e. The number of hydrogen-bond acceptors (Lipinski definition) is 4. The fourth-order valence-electron chi connectivity index (χ4n) is 1.92. The molecule has 0 aromatic heterocycles. The normalized spacial score (nSPS) is 24.8. The second-order valence-corrected chi connectivity index (χ2v) is 5.41. The summed E-state index contributed by atoms with van der Waals surface area (Å²) < 4.78 is 10.4. The number of carboxylic acid groups (broad SMARTS) is 1. The third-order valence-electron chi connectivity index (χ3n) is 2.80. The molecule has 1 heterocycles. The van der Waals surface area contributed by atoms with E-state index in [0.29, 0.717) is 19.4 Å². The first kappa shape index (κ1) is 14.8. The molecule has 0 aliphatic carbocycles. The van der Waals surface area contributed by atoms with Gasteiger partial charge in [0.15, 0.2) is 0 Å². The van der Waals surface area contributed by atoms with Crippen molar-refractivity contribution in [3.8, 4) is 0 Å². The third-order valence-corrected chi connectivity index (χ3v) is 2.80. The van der Waals surface area contributed by atoms with E-state index in [1.807, 2.05) is 0 Å². The number of methoxy groups -OCH3 is 1. The lowest BCUT2D eigenvalue weighted by molar-refractivity contribution is -0.146. The second kappa shape index (κ2) is 5.56. The van der Waals surface area contributed by atoms with E-state index in [0.717, 1.165) is 0 Å². The fourth-order valence-corrected chi connectivity index (χ4v) is 1.92. The Bertz CT molecular complexity index is 323. The highest BCUT2D eigenvalue weighted by Crippen LogP contribution is 2.22. The van der Waals surface area contributed by atoms with Crippen molar-refractivity contribution in [3.63, 3.8) is 0 Å². The number of aliphatic carboxylic acids is 1. The van der Waals surface area contributed by atoms with Crippen LogP contribution in [0.5, 0.6) is 0 Å². The monoisotopic (exact) mass is 259 g/mol. The van der Waals surface area contributed by atoms with Gasteiger partial charge in [-0.1, -0.05) is 0 Å². The second-order valence-electron chi connectivity index (χ2n) is 5.41. The van der Waals surface area contributed by atoms with Gasteiger partial charge in [-0.3, -0.25) is 4.90 Å². The molecule has 0 aromatic rings. The lowest BCUT2D eigenvalue weighted by Gasteiger charge is -2.37. The number of ether oxygens (including phenoxy) is 2. The summed E-state index contributed by atoms with van der Waals surface area (Å²) in [4.78, 5) is 24.4. The van der Waals surface area contributed by atoms with E-state index < -0.39 is 23.7 Å². The Morgan fingerprint density at radius 3 is 2.39 bits per heavy atom. The van der Waals surface area contributed by atoms with Crippen LogP contribution < -0.4 is 0 Å². The molecular formula is C12H21NO5. The van der Waals surface area contributed by atoms with Gasteiger partial charge in [-0.25, -0.2) is 9.59 Å². The minimum atomic E-state index is -1.03. The fraction of sp³-hybridized carbons (Fsp3) is 0.833. The van der Waals surface area contributed by atoms with Crippen molar-refractivity contribution >= 4 is 12.1 Å². The number of carbonyl (C=O) groups excluding carboxylic acids is 1. The largest absolute Gasteiger partial charge is 0.480 e.